The smallest absolute Gasteiger partial charge is 0.137 e. The fraction of sp³-hybridized carbons (Fsp3) is 0.125. The summed E-state index contributed by atoms with van der Waals surface area (Å²) in [6.45, 7) is 9.64. The molecule has 0 aliphatic heterocycles. The van der Waals surface area contributed by atoms with Crippen molar-refractivity contribution in [1.82, 2.24) is 0 Å². The summed E-state index contributed by atoms with van der Waals surface area (Å²) in [6.07, 6.45) is 0. The molecule has 240 valence electrons. The summed E-state index contributed by atoms with van der Waals surface area (Å²) in [5, 5.41) is 2.25. The van der Waals surface area contributed by atoms with Gasteiger partial charge in [0.1, 0.15) is 11.2 Å². The molecule has 7 aromatic carbocycles. The Kier molecular flexibility index (Phi) is 6.01. The largest absolute Gasteiger partial charge is 0.456 e. The van der Waals surface area contributed by atoms with Crippen molar-refractivity contribution >= 4 is 39.0 Å². The van der Waals surface area contributed by atoms with E-state index in [0.29, 0.717) is 0 Å². The quantitative estimate of drug-likeness (QED) is 0.190. The minimum Gasteiger partial charge on any atom is -0.456 e. The van der Waals surface area contributed by atoms with Crippen LogP contribution in [0.1, 0.15) is 49.9 Å². The topological polar surface area (TPSA) is 16.4 Å². The van der Waals surface area contributed by atoms with E-state index in [4.69, 9.17) is 4.42 Å². The molecule has 10 rings (SSSR count). The number of nitrogens with zero attached hydrogens (tertiary/aromatic N) is 1. The van der Waals surface area contributed by atoms with Crippen LogP contribution in [0.2, 0.25) is 0 Å². The Labute approximate surface area is 293 Å². The van der Waals surface area contributed by atoms with E-state index in [0.717, 1.165) is 33.3 Å². The monoisotopic (exact) mass is 643 g/mol. The SMILES string of the molecule is CC1(C)c2ccccc2-c2cc3c(c(N(c4ccc(-c5ccccc5)cc4)c4cccc5oc6ccccc6c45)c21)C(C)(C)c1ccccc1-3. The van der Waals surface area contributed by atoms with Crippen LogP contribution in [-0.2, 0) is 10.8 Å². The first-order chi connectivity index (χ1) is 24.3. The molecule has 0 spiro atoms. The first-order valence-electron chi connectivity index (χ1n) is 17.6. The predicted octanol–water partition coefficient (Wildman–Crippen LogP) is 13.3. The van der Waals surface area contributed by atoms with E-state index in [1.54, 1.807) is 0 Å². The van der Waals surface area contributed by atoms with Crippen molar-refractivity contribution in [1.29, 1.82) is 0 Å². The van der Waals surface area contributed by atoms with Crippen LogP contribution < -0.4 is 4.90 Å². The highest BCUT2D eigenvalue weighted by atomic mass is 16.3. The average Bonchev–Trinajstić information content (AvgIpc) is 3.73. The fourth-order valence-electron chi connectivity index (χ4n) is 9.14. The molecule has 8 aromatic rings. The van der Waals surface area contributed by atoms with Crippen molar-refractivity contribution in [2.75, 3.05) is 4.90 Å². The van der Waals surface area contributed by atoms with Crippen LogP contribution in [0.15, 0.2) is 156 Å². The number of rotatable bonds is 4. The maximum Gasteiger partial charge on any atom is 0.137 e. The number of benzene rings is 7. The molecule has 2 heteroatoms. The van der Waals surface area contributed by atoms with Crippen molar-refractivity contribution < 1.29 is 4.42 Å². The van der Waals surface area contributed by atoms with Crippen LogP contribution in [0.25, 0.3) is 55.3 Å². The van der Waals surface area contributed by atoms with Crippen LogP contribution in [0.5, 0.6) is 0 Å². The van der Waals surface area contributed by atoms with Crippen LogP contribution in [0.3, 0.4) is 0 Å². The molecule has 0 fully saturated rings. The van der Waals surface area contributed by atoms with Crippen molar-refractivity contribution in [3.63, 3.8) is 0 Å². The minimum absolute atomic E-state index is 0.240. The molecule has 1 heterocycles. The summed E-state index contributed by atoms with van der Waals surface area (Å²) < 4.78 is 6.53. The van der Waals surface area contributed by atoms with Gasteiger partial charge in [-0.3, -0.25) is 0 Å². The second-order valence-corrected chi connectivity index (χ2v) is 14.9. The molecule has 2 aliphatic rings. The second-order valence-electron chi connectivity index (χ2n) is 14.9. The van der Waals surface area contributed by atoms with Gasteiger partial charge in [-0.15, -0.1) is 0 Å². The lowest BCUT2D eigenvalue weighted by Crippen LogP contribution is -2.26. The predicted molar refractivity (Wildman–Crippen MR) is 209 cm³/mol. The molecule has 0 saturated carbocycles. The summed E-state index contributed by atoms with van der Waals surface area (Å²) in [7, 11) is 0. The second kappa shape index (κ2) is 10.3. The molecule has 0 unspecified atom stereocenters. The molecule has 0 atom stereocenters. The van der Waals surface area contributed by atoms with E-state index in [1.807, 2.05) is 0 Å². The highest BCUT2D eigenvalue weighted by molar-refractivity contribution is 6.14. The summed E-state index contributed by atoms with van der Waals surface area (Å²) in [6, 6.07) is 55.3. The number of hydrogen-bond donors (Lipinski definition) is 0. The third-order valence-corrected chi connectivity index (χ3v) is 11.4. The van der Waals surface area contributed by atoms with E-state index >= 15 is 0 Å². The maximum absolute atomic E-state index is 6.53. The zero-order chi connectivity index (χ0) is 33.8. The summed E-state index contributed by atoms with van der Waals surface area (Å²) in [4.78, 5) is 2.57. The van der Waals surface area contributed by atoms with Gasteiger partial charge in [-0.25, -0.2) is 0 Å². The Morgan fingerprint density at radius 1 is 0.460 bits per heavy atom. The van der Waals surface area contributed by atoms with Gasteiger partial charge in [0.15, 0.2) is 0 Å². The molecule has 0 bridgehead atoms. The number of furan rings is 1. The van der Waals surface area contributed by atoms with Crippen molar-refractivity contribution in [3.8, 4) is 33.4 Å². The van der Waals surface area contributed by atoms with E-state index in [9.17, 15) is 0 Å². The molecular weight excluding hydrogens is 607 g/mol. The molecule has 2 nitrogen and oxygen atoms in total. The zero-order valence-corrected chi connectivity index (χ0v) is 28.8. The maximum atomic E-state index is 6.53. The van der Waals surface area contributed by atoms with Crippen LogP contribution in [-0.4, -0.2) is 0 Å². The highest BCUT2D eigenvalue weighted by Crippen LogP contribution is 2.63. The number of fused-ring (bicyclic) bond motifs is 9. The van der Waals surface area contributed by atoms with Crippen LogP contribution in [0, 0.1) is 0 Å². The number of hydrogen-bond acceptors (Lipinski definition) is 2. The van der Waals surface area contributed by atoms with Crippen LogP contribution in [0.4, 0.5) is 17.1 Å². The standard InChI is InChI=1S/C48H37NO/c1-47(2)38-20-11-8-17-33(38)36-29-37-34-18-9-12-21-39(34)48(3,4)45(37)46(44(36)47)49(32-27-25-31(26-28-32)30-15-6-5-7-16-30)40-22-14-24-42-43(40)35-19-10-13-23-41(35)50-42/h5-29H,1-4H3. The molecule has 0 amide bonds. The Balaban J connectivity index is 1.36. The number of anilines is 3. The summed E-state index contributed by atoms with van der Waals surface area (Å²) in [5.74, 6) is 0. The lowest BCUT2D eigenvalue weighted by Gasteiger charge is -2.37. The van der Waals surface area contributed by atoms with Gasteiger partial charge < -0.3 is 9.32 Å². The first kappa shape index (κ1) is 29.1. The third kappa shape index (κ3) is 3.91. The minimum atomic E-state index is -0.240. The Bertz CT molecular complexity index is 2560. The van der Waals surface area contributed by atoms with E-state index < -0.39 is 0 Å². The fourth-order valence-corrected chi connectivity index (χ4v) is 9.14. The Hall–Kier alpha value is -5.86. The van der Waals surface area contributed by atoms with Gasteiger partial charge in [0.05, 0.1) is 16.8 Å². The molecule has 50 heavy (non-hydrogen) atoms. The van der Waals surface area contributed by atoms with Crippen molar-refractivity contribution in [2.45, 2.75) is 38.5 Å². The van der Waals surface area contributed by atoms with Gasteiger partial charge in [0, 0.05) is 21.9 Å². The van der Waals surface area contributed by atoms with Crippen LogP contribution >= 0.6 is 0 Å². The lowest BCUT2D eigenvalue weighted by atomic mass is 9.75. The Morgan fingerprint density at radius 2 is 1.00 bits per heavy atom. The Morgan fingerprint density at radius 3 is 1.66 bits per heavy atom. The summed E-state index contributed by atoms with van der Waals surface area (Å²) in [5.41, 5.74) is 18.0. The molecule has 0 N–H and O–H groups in total. The van der Waals surface area contributed by atoms with E-state index in [2.05, 4.69) is 184 Å². The highest BCUT2D eigenvalue weighted by Gasteiger charge is 2.46. The normalized spacial score (nSPS) is 14.7. The molecule has 1 aromatic heterocycles. The van der Waals surface area contributed by atoms with Gasteiger partial charge in [-0.1, -0.05) is 143 Å². The first-order valence-corrected chi connectivity index (χ1v) is 17.6. The van der Waals surface area contributed by atoms with Crippen molar-refractivity contribution in [2.24, 2.45) is 0 Å². The number of para-hydroxylation sites is 1. The molecule has 0 radical (unpaired) electrons. The summed E-state index contributed by atoms with van der Waals surface area (Å²) >= 11 is 0. The van der Waals surface area contributed by atoms with E-state index in [1.165, 1.54) is 61.3 Å². The van der Waals surface area contributed by atoms with Gasteiger partial charge in [-0.05, 0) is 92.0 Å². The lowest BCUT2D eigenvalue weighted by molar-refractivity contribution is 0.640. The van der Waals surface area contributed by atoms with E-state index in [-0.39, 0.29) is 10.8 Å². The zero-order valence-electron chi connectivity index (χ0n) is 28.8. The average molecular weight is 644 g/mol. The molecule has 0 saturated heterocycles. The van der Waals surface area contributed by atoms with Gasteiger partial charge in [0.2, 0.25) is 0 Å². The van der Waals surface area contributed by atoms with Crippen molar-refractivity contribution in [3.05, 3.63) is 174 Å². The van der Waals surface area contributed by atoms with Gasteiger partial charge in [-0.2, -0.15) is 0 Å². The third-order valence-electron chi connectivity index (χ3n) is 11.4. The molecular formula is C48H37NO. The van der Waals surface area contributed by atoms with Gasteiger partial charge in [0.25, 0.3) is 0 Å². The molecule has 2 aliphatic carbocycles. The van der Waals surface area contributed by atoms with Gasteiger partial charge >= 0.3 is 0 Å².